The highest BCUT2D eigenvalue weighted by Crippen LogP contribution is 2.42. The summed E-state index contributed by atoms with van der Waals surface area (Å²) in [6.45, 7) is 4.86. The second-order valence-electron chi connectivity index (χ2n) is 8.04. The topological polar surface area (TPSA) is 36.4 Å². The molecule has 1 atom stereocenters. The van der Waals surface area contributed by atoms with Crippen LogP contribution in [0.1, 0.15) is 56.9 Å². The average molecular weight is 327 g/mol. The molecule has 0 radical (unpaired) electrons. The van der Waals surface area contributed by atoms with Crippen LogP contribution in [0.3, 0.4) is 0 Å². The first-order chi connectivity index (χ1) is 11.7. The number of amides is 1. The van der Waals surface area contributed by atoms with Crippen molar-refractivity contribution in [2.75, 3.05) is 24.5 Å². The molecule has 4 nitrogen and oxygen atoms in total. The van der Waals surface area contributed by atoms with Gasteiger partial charge in [0.1, 0.15) is 5.82 Å². The third kappa shape index (κ3) is 2.80. The molecule has 4 heteroatoms. The molecule has 1 aromatic heterocycles. The van der Waals surface area contributed by atoms with Crippen LogP contribution in [0.5, 0.6) is 0 Å². The number of pyridine rings is 1. The van der Waals surface area contributed by atoms with Gasteiger partial charge in [-0.25, -0.2) is 4.98 Å². The number of aryl methyl sites for hydroxylation is 1. The summed E-state index contributed by atoms with van der Waals surface area (Å²) in [4.78, 5) is 22.5. The van der Waals surface area contributed by atoms with E-state index in [1.54, 1.807) is 0 Å². The molecule has 3 aliphatic rings. The average Bonchev–Trinajstić information content (AvgIpc) is 3.04. The molecule has 4 rings (SSSR count). The second-order valence-corrected chi connectivity index (χ2v) is 8.04. The largest absolute Gasteiger partial charge is 0.356 e. The van der Waals surface area contributed by atoms with Crippen LogP contribution in [-0.2, 0) is 4.79 Å². The van der Waals surface area contributed by atoms with Crippen molar-refractivity contribution in [1.82, 2.24) is 9.88 Å². The summed E-state index contributed by atoms with van der Waals surface area (Å²) in [5.41, 5.74) is 1.03. The number of hydrogen-bond donors (Lipinski definition) is 0. The van der Waals surface area contributed by atoms with E-state index in [1.165, 1.54) is 37.7 Å². The molecule has 3 heterocycles. The van der Waals surface area contributed by atoms with Crippen molar-refractivity contribution in [3.8, 4) is 0 Å². The Hall–Kier alpha value is -1.58. The molecule has 1 saturated carbocycles. The fourth-order valence-electron chi connectivity index (χ4n) is 4.94. The molecule has 1 spiro atoms. The molecule has 2 saturated heterocycles. The van der Waals surface area contributed by atoms with Crippen molar-refractivity contribution in [3.63, 3.8) is 0 Å². The molecule has 1 unspecified atom stereocenters. The minimum atomic E-state index is -0.151. The lowest BCUT2D eigenvalue weighted by Crippen LogP contribution is -2.54. The number of nitrogens with zero attached hydrogens (tertiary/aromatic N) is 3. The normalized spacial score (nSPS) is 28.8. The van der Waals surface area contributed by atoms with Gasteiger partial charge in [0.25, 0.3) is 0 Å². The Morgan fingerprint density at radius 3 is 2.67 bits per heavy atom. The highest BCUT2D eigenvalue weighted by molar-refractivity contribution is 5.85. The van der Waals surface area contributed by atoms with E-state index in [0.717, 1.165) is 44.7 Å². The Balaban J connectivity index is 1.50. The van der Waals surface area contributed by atoms with Crippen molar-refractivity contribution in [2.45, 2.75) is 64.3 Å². The Morgan fingerprint density at radius 2 is 1.92 bits per heavy atom. The number of piperidine rings is 1. The van der Waals surface area contributed by atoms with Crippen molar-refractivity contribution in [2.24, 2.45) is 5.41 Å². The van der Waals surface area contributed by atoms with E-state index in [4.69, 9.17) is 0 Å². The van der Waals surface area contributed by atoms with Crippen LogP contribution < -0.4 is 4.90 Å². The van der Waals surface area contributed by atoms with Crippen molar-refractivity contribution < 1.29 is 4.79 Å². The van der Waals surface area contributed by atoms with E-state index in [9.17, 15) is 4.79 Å². The second kappa shape index (κ2) is 6.38. The van der Waals surface area contributed by atoms with E-state index in [-0.39, 0.29) is 5.41 Å². The Kier molecular flexibility index (Phi) is 4.23. The number of rotatable bonds is 2. The fraction of sp³-hybridized carbons (Fsp3) is 0.700. The highest BCUT2D eigenvalue weighted by Gasteiger charge is 2.49. The number of carbonyl (C=O) groups is 1. The molecule has 130 valence electrons. The van der Waals surface area contributed by atoms with Crippen molar-refractivity contribution >= 4 is 11.7 Å². The molecular formula is C20H29N3O. The Bertz CT molecular complexity index is 593. The van der Waals surface area contributed by atoms with Gasteiger partial charge in [0.05, 0.1) is 5.41 Å². The van der Waals surface area contributed by atoms with Gasteiger partial charge in [-0.05, 0) is 50.7 Å². The summed E-state index contributed by atoms with van der Waals surface area (Å²) in [5, 5.41) is 0. The maximum absolute atomic E-state index is 13.4. The maximum atomic E-state index is 13.4. The van der Waals surface area contributed by atoms with E-state index in [2.05, 4.69) is 33.8 Å². The van der Waals surface area contributed by atoms with E-state index in [0.29, 0.717) is 11.9 Å². The maximum Gasteiger partial charge on any atom is 0.230 e. The van der Waals surface area contributed by atoms with Gasteiger partial charge >= 0.3 is 0 Å². The first kappa shape index (κ1) is 15.9. The highest BCUT2D eigenvalue weighted by atomic mass is 16.2. The van der Waals surface area contributed by atoms with Gasteiger partial charge in [-0.1, -0.05) is 25.3 Å². The number of hydrogen-bond acceptors (Lipinski definition) is 3. The molecule has 0 aromatic carbocycles. The van der Waals surface area contributed by atoms with Crippen LogP contribution in [0.4, 0.5) is 5.82 Å². The van der Waals surface area contributed by atoms with Crippen LogP contribution in [-0.4, -0.2) is 41.5 Å². The molecule has 0 bridgehead atoms. The SMILES string of the molecule is Cc1ccc(N2CCC3(CCCN(C4CCCCC4)C3=O)C2)nc1. The quantitative estimate of drug-likeness (QED) is 0.833. The summed E-state index contributed by atoms with van der Waals surface area (Å²) >= 11 is 0. The molecule has 3 fully saturated rings. The van der Waals surface area contributed by atoms with E-state index in [1.807, 2.05) is 6.20 Å². The van der Waals surface area contributed by atoms with Gasteiger partial charge in [-0.15, -0.1) is 0 Å². The summed E-state index contributed by atoms with van der Waals surface area (Å²) in [6.07, 6.45) is 11.5. The van der Waals surface area contributed by atoms with Crippen molar-refractivity contribution in [1.29, 1.82) is 0 Å². The third-order valence-corrected chi connectivity index (χ3v) is 6.36. The Morgan fingerprint density at radius 1 is 1.08 bits per heavy atom. The van der Waals surface area contributed by atoms with Crippen LogP contribution in [0.15, 0.2) is 18.3 Å². The molecular weight excluding hydrogens is 298 g/mol. The van der Waals surface area contributed by atoms with Crippen LogP contribution >= 0.6 is 0 Å². The van der Waals surface area contributed by atoms with Gasteiger partial charge in [0, 0.05) is 31.9 Å². The standard InChI is InChI=1S/C20H29N3O/c1-16-8-9-18(21-14-16)22-13-11-20(15-22)10-5-12-23(19(20)24)17-6-3-2-4-7-17/h8-9,14,17H,2-7,10-13,15H2,1H3. The van der Waals surface area contributed by atoms with E-state index >= 15 is 0 Å². The lowest BCUT2D eigenvalue weighted by Gasteiger charge is -2.44. The molecule has 2 aliphatic heterocycles. The van der Waals surface area contributed by atoms with E-state index < -0.39 is 0 Å². The Labute approximate surface area is 145 Å². The summed E-state index contributed by atoms with van der Waals surface area (Å²) in [6, 6.07) is 4.72. The van der Waals surface area contributed by atoms with Gasteiger partial charge in [0.2, 0.25) is 5.91 Å². The molecule has 0 N–H and O–H groups in total. The number of aromatic nitrogens is 1. The lowest BCUT2D eigenvalue weighted by atomic mass is 9.77. The number of likely N-dealkylation sites (tertiary alicyclic amines) is 1. The molecule has 24 heavy (non-hydrogen) atoms. The predicted octanol–water partition coefficient (Wildman–Crippen LogP) is 3.54. The van der Waals surface area contributed by atoms with Gasteiger partial charge in [-0.3, -0.25) is 4.79 Å². The fourth-order valence-corrected chi connectivity index (χ4v) is 4.94. The first-order valence-corrected chi connectivity index (χ1v) is 9.67. The zero-order chi connectivity index (χ0) is 16.6. The number of carbonyl (C=O) groups excluding carboxylic acids is 1. The first-order valence-electron chi connectivity index (χ1n) is 9.67. The minimum absolute atomic E-state index is 0.151. The minimum Gasteiger partial charge on any atom is -0.356 e. The summed E-state index contributed by atoms with van der Waals surface area (Å²) in [7, 11) is 0. The molecule has 1 aliphatic carbocycles. The monoisotopic (exact) mass is 327 g/mol. The predicted molar refractivity (Wildman–Crippen MR) is 96.1 cm³/mol. The van der Waals surface area contributed by atoms with Crippen LogP contribution in [0, 0.1) is 12.3 Å². The summed E-state index contributed by atoms with van der Waals surface area (Å²) < 4.78 is 0. The molecule has 1 amide bonds. The lowest BCUT2D eigenvalue weighted by molar-refractivity contribution is -0.148. The van der Waals surface area contributed by atoms with Crippen LogP contribution in [0.25, 0.3) is 0 Å². The summed E-state index contributed by atoms with van der Waals surface area (Å²) in [5.74, 6) is 1.47. The zero-order valence-electron chi connectivity index (χ0n) is 14.8. The molecule has 1 aromatic rings. The van der Waals surface area contributed by atoms with Crippen LogP contribution in [0.2, 0.25) is 0 Å². The van der Waals surface area contributed by atoms with Gasteiger partial charge < -0.3 is 9.80 Å². The number of anilines is 1. The third-order valence-electron chi connectivity index (χ3n) is 6.36. The zero-order valence-corrected chi connectivity index (χ0v) is 14.8. The smallest absolute Gasteiger partial charge is 0.230 e. The van der Waals surface area contributed by atoms with Crippen molar-refractivity contribution in [3.05, 3.63) is 23.9 Å². The van der Waals surface area contributed by atoms with Gasteiger partial charge in [-0.2, -0.15) is 0 Å². The van der Waals surface area contributed by atoms with Gasteiger partial charge in [0.15, 0.2) is 0 Å².